The number of rotatable bonds is 6. The van der Waals surface area contributed by atoms with Gasteiger partial charge in [-0.15, -0.1) is 11.3 Å². The highest BCUT2D eigenvalue weighted by atomic mass is 32.1. The highest BCUT2D eigenvalue weighted by Crippen LogP contribution is 2.20. The second kappa shape index (κ2) is 10.3. The van der Waals surface area contributed by atoms with Gasteiger partial charge >= 0.3 is 6.03 Å². The zero-order chi connectivity index (χ0) is 22.3. The fraction of sp³-hybridized carbons (Fsp3) is 0.348. The van der Waals surface area contributed by atoms with Crippen molar-refractivity contribution in [1.29, 1.82) is 0 Å². The predicted octanol–water partition coefficient (Wildman–Crippen LogP) is 3.23. The molecular formula is C23H27N5O3S. The molecule has 0 unspecified atom stereocenters. The summed E-state index contributed by atoms with van der Waals surface area (Å²) in [4.78, 5) is 41.5. The number of hydrogen-bond acceptors (Lipinski definition) is 4. The largest absolute Gasteiger partial charge is 0.361 e. The monoisotopic (exact) mass is 453 g/mol. The molecule has 2 heterocycles. The Labute approximate surface area is 190 Å². The minimum absolute atomic E-state index is 0.126. The van der Waals surface area contributed by atoms with Crippen molar-refractivity contribution in [2.75, 3.05) is 0 Å². The van der Waals surface area contributed by atoms with Crippen LogP contribution >= 0.6 is 11.3 Å². The van der Waals surface area contributed by atoms with Crippen molar-refractivity contribution in [1.82, 2.24) is 26.5 Å². The average molecular weight is 454 g/mol. The zero-order valence-electron chi connectivity index (χ0n) is 17.6. The summed E-state index contributed by atoms with van der Waals surface area (Å²) < 4.78 is 0. The summed E-state index contributed by atoms with van der Waals surface area (Å²) in [6, 6.07) is 10.1. The van der Waals surface area contributed by atoms with Gasteiger partial charge in [0.2, 0.25) is 0 Å². The van der Waals surface area contributed by atoms with Gasteiger partial charge in [0, 0.05) is 29.6 Å². The van der Waals surface area contributed by atoms with Crippen LogP contribution < -0.4 is 21.5 Å². The molecule has 8 nitrogen and oxygen atoms in total. The summed E-state index contributed by atoms with van der Waals surface area (Å²) in [5.41, 5.74) is 6.75. The number of H-pyrrole nitrogens is 1. The molecule has 9 heteroatoms. The lowest BCUT2D eigenvalue weighted by molar-refractivity contribution is -0.123. The molecule has 32 heavy (non-hydrogen) atoms. The number of hydrazine groups is 1. The van der Waals surface area contributed by atoms with Crippen LogP contribution in [-0.2, 0) is 11.2 Å². The van der Waals surface area contributed by atoms with E-state index < -0.39 is 18.0 Å². The van der Waals surface area contributed by atoms with Crippen LogP contribution in [0.2, 0.25) is 0 Å². The van der Waals surface area contributed by atoms with Crippen LogP contribution in [-0.4, -0.2) is 34.9 Å². The van der Waals surface area contributed by atoms with E-state index in [4.69, 9.17) is 0 Å². The smallest absolute Gasteiger partial charge is 0.333 e. The molecule has 1 aromatic carbocycles. The van der Waals surface area contributed by atoms with Gasteiger partial charge in [0.1, 0.15) is 6.04 Å². The minimum atomic E-state index is -0.862. The number of benzene rings is 1. The molecule has 0 spiro atoms. The number of fused-ring (bicyclic) bond motifs is 1. The van der Waals surface area contributed by atoms with E-state index in [2.05, 4.69) is 26.5 Å². The maximum absolute atomic E-state index is 12.9. The van der Waals surface area contributed by atoms with Gasteiger partial charge in [-0.05, 0) is 35.9 Å². The van der Waals surface area contributed by atoms with E-state index in [1.54, 1.807) is 17.5 Å². The molecule has 1 fully saturated rings. The Morgan fingerprint density at radius 1 is 1.03 bits per heavy atom. The summed E-state index contributed by atoms with van der Waals surface area (Å²) >= 11 is 1.30. The van der Waals surface area contributed by atoms with Crippen LogP contribution in [0.25, 0.3) is 10.9 Å². The van der Waals surface area contributed by atoms with E-state index in [9.17, 15) is 14.4 Å². The maximum atomic E-state index is 12.9. The number of nitrogens with one attached hydrogen (secondary N) is 5. The van der Waals surface area contributed by atoms with E-state index in [0.29, 0.717) is 4.88 Å². The van der Waals surface area contributed by atoms with Crippen molar-refractivity contribution in [3.05, 3.63) is 58.4 Å². The number of thiophene rings is 1. The zero-order valence-corrected chi connectivity index (χ0v) is 18.5. The molecule has 1 saturated carbocycles. The van der Waals surface area contributed by atoms with Gasteiger partial charge in [0.05, 0.1) is 4.88 Å². The quantitative estimate of drug-likeness (QED) is 0.369. The fourth-order valence-corrected chi connectivity index (χ4v) is 4.67. The lowest BCUT2D eigenvalue weighted by Gasteiger charge is -2.23. The van der Waals surface area contributed by atoms with E-state index in [1.165, 1.54) is 17.8 Å². The Morgan fingerprint density at radius 2 is 1.84 bits per heavy atom. The van der Waals surface area contributed by atoms with Gasteiger partial charge in [0.25, 0.3) is 11.8 Å². The van der Waals surface area contributed by atoms with Crippen molar-refractivity contribution >= 4 is 40.1 Å². The molecule has 0 aliphatic heterocycles. The number of amides is 4. The third kappa shape index (κ3) is 5.47. The average Bonchev–Trinajstić information content (AvgIpc) is 3.48. The third-order valence-electron chi connectivity index (χ3n) is 5.71. The standard InChI is InChI=1S/C23H27N5O3S/c29-21(27-28-23(31)25-16-7-2-1-3-8-16)19(26-22(30)20-11-6-12-32-20)13-15-14-24-18-10-5-4-9-17(15)18/h4-6,9-12,14,16,19,24H,1-3,7-8,13H2,(H,26,30)(H,27,29)(H2,25,28,31)/t19-/m0/s1. The molecule has 0 radical (unpaired) electrons. The summed E-state index contributed by atoms with van der Waals surface area (Å²) in [5, 5.41) is 8.48. The molecule has 168 valence electrons. The summed E-state index contributed by atoms with van der Waals surface area (Å²) in [6.07, 6.45) is 7.39. The summed E-state index contributed by atoms with van der Waals surface area (Å²) in [5.74, 6) is -0.814. The van der Waals surface area contributed by atoms with Gasteiger partial charge in [-0.25, -0.2) is 10.2 Å². The second-order valence-electron chi connectivity index (χ2n) is 7.99. The van der Waals surface area contributed by atoms with Crippen LogP contribution in [0.15, 0.2) is 48.0 Å². The highest BCUT2D eigenvalue weighted by Gasteiger charge is 2.24. The number of hydrogen-bond donors (Lipinski definition) is 5. The molecule has 1 atom stereocenters. The number of aromatic amines is 1. The van der Waals surface area contributed by atoms with Crippen molar-refractivity contribution in [2.24, 2.45) is 0 Å². The first-order valence-electron chi connectivity index (χ1n) is 10.9. The Kier molecular flexibility index (Phi) is 7.06. The number of para-hydroxylation sites is 1. The van der Waals surface area contributed by atoms with Crippen molar-refractivity contribution in [2.45, 2.75) is 50.6 Å². The van der Waals surface area contributed by atoms with E-state index >= 15 is 0 Å². The van der Waals surface area contributed by atoms with Crippen LogP contribution in [0.5, 0.6) is 0 Å². The van der Waals surface area contributed by atoms with Gasteiger partial charge in [-0.1, -0.05) is 43.5 Å². The lowest BCUT2D eigenvalue weighted by atomic mass is 9.96. The Balaban J connectivity index is 1.42. The summed E-state index contributed by atoms with van der Waals surface area (Å²) in [6.45, 7) is 0. The molecule has 4 amide bonds. The van der Waals surface area contributed by atoms with E-state index in [0.717, 1.165) is 42.1 Å². The van der Waals surface area contributed by atoms with Crippen LogP contribution in [0.1, 0.15) is 47.3 Å². The molecule has 4 rings (SSSR count). The second-order valence-corrected chi connectivity index (χ2v) is 8.94. The van der Waals surface area contributed by atoms with Crippen molar-refractivity contribution in [3.63, 3.8) is 0 Å². The molecular weight excluding hydrogens is 426 g/mol. The number of carbonyl (C=O) groups excluding carboxylic acids is 3. The summed E-state index contributed by atoms with van der Waals surface area (Å²) in [7, 11) is 0. The van der Waals surface area contributed by atoms with Crippen LogP contribution in [0, 0.1) is 0 Å². The first kappa shape index (κ1) is 21.9. The van der Waals surface area contributed by atoms with Crippen LogP contribution in [0.3, 0.4) is 0 Å². The molecule has 3 aromatic rings. The van der Waals surface area contributed by atoms with Crippen molar-refractivity contribution in [3.8, 4) is 0 Å². The highest BCUT2D eigenvalue weighted by molar-refractivity contribution is 7.12. The maximum Gasteiger partial charge on any atom is 0.333 e. The van der Waals surface area contributed by atoms with Crippen LogP contribution in [0.4, 0.5) is 4.79 Å². The topological polar surface area (TPSA) is 115 Å². The van der Waals surface area contributed by atoms with Crippen molar-refractivity contribution < 1.29 is 14.4 Å². The SMILES string of the molecule is O=C(NNC(=O)[C@H](Cc1c[nH]c2ccccc12)NC(=O)c1cccs1)NC1CCCCC1. The fourth-order valence-electron chi connectivity index (χ4n) is 4.04. The molecule has 5 N–H and O–H groups in total. The van der Waals surface area contributed by atoms with Gasteiger partial charge in [-0.2, -0.15) is 0 Å². The molecule has 1 aliphatic carbocycles. The number of carbonyl (C=O) groups is 3. The molecule has 1 aliphatic rings. The van der Waals surface area contributed by atoms with E-state index in [-0.39, 0.29) is 18.4 Å². The Hall–Kier alpha value is -3.33. The Bertz CT molecular complexity index is 1070. The predicted molar refractivity (Wildman–Crippen MR) is 124 cm³/mol. The van der Waals surface area contributed by atoms with Gasteiger partial charge in [0.15, 0.2) is 0 Å². The lowest BCUT2D eigenvalue weighted by Crippen LogP contribution is -2.56. The molecule has 0 saturated heterocycles. The van der Waals surface area contributed by atoms with Gasteiger partial charge < -0.3 is 15.6 Å². The minimum Gasteiger partial charge on any atom is -0.361 e. The van der Waals surface area contributed by atoms with Gasteiger partial charge in [-0.3, -0.25) is 15.0 Å². The Morgan fingerprint density at radius 3 is 2.62 bits per heavy atom. The first-order chi connectivity index (χ1) is 15.6. The molecule has 0 bridgehead atoms. The molecule has 2 aromatic heterocycles. The number of urea groups is 1. The van der Waals surface area contributed by atoms with E-state index in [1.807, 2.05) is 30.5 Å². The first-order valence-corrected chi connectivity index (χ1v) is 11.7. The normalized spacial score (nSPS) is 15.1. The third-order valence-corrected chi connectivity index (χ3v) is 6.57. The number of aromatic nitrogens is 1.